The Hall–Kier alpha value is -1.06. The van der Waals surface area contributed by atoms with Gasteiger partial charge in [-0.25, -0.2) is 4.79 Å². The highest BCUT2D eigenvalue weighted by Crippen LogP contribution is 2.35. The van der Waals surface area contributed by atoms with Gasteiger partial charge in [-0.3, -0.25) is 4.79 Å². The standard InChI is InChI=1S/C12H18F5NO3S/c1-7(2)6-21-9(19)8(4-5-22-3)18-10(20)11(13,14)12(15,16)17/h7-8H,4-6H2,1-3H3,(H,18,20). The topological polar surface area (TPSA) is 55.4 Å². The molecule has 0 saturated heterocycles. The molecule has 1 amide bonds. The van der Waals surface area contributed by atoms with Crippen molar-refractivity contribution in [2.75, 3.05) is 18.6 Å². The molecule has 1 atom stereocenters. The Kier molecular flexibility index (Phi) is 8.13. The lowest BCUT2D eigenvalue weighted by molar-refractivity contribution is -0.270. The van der Waals surface area contributed by atoms with Gasteiger partial charge in [0, 0.05) is 0 Å². The van der Waals surface area contributed by atoms with Gasteiger partial charge in [-0.05, 0) is 24.3 Å². The summed E-state index contributed by atoms with van der Waals surface area (Å²) in [5, 5.41) is 1.43. The van der Waals surface area contributed by atoms with Crippen LogP contribution < -0.4 is 5.32 Å². The third-order valence-corrected chi connectivity index (χ3v) is 3.04. The van der Waals surface area contributed by atoms with Gasteiger partial charge in [0.25, 0.3) is 0 Å². The van der Waals surface area contributed by atoms with Crippen molar-refractivity contribution < 1.29 is 36.3 Å². The van der Waals surface area contributed by atoms with E-state index in [2.05, 4.69) is 0 Å². The summed E-state index contributed by atoms with van der Waals surface area (Å²) in [6, 6.07) is -1.55. The number of hydrogen-bond donors (Lipinski definition) is 1. The van der Waals surface area contributed by atoms with E-state index < -0.39 is 30.0 Å². The lowest BCUT2D eigenvalue weighted by atomic mass is 10.2. The number of hydrogen-bond acceptors (Lipinski definition) is 4. The van der Waals surface area contributed by atoms with E-state index in [1.165, 1.54) is 17.1 Å². The zero-order valence-corrected chi connectivity index (χ0v) is 13.1. The van der Waals surface area contributed by atoms with Crippen LogP contribution in [0.2, 0.25) is 0 Å². The number of carbonyl (C=O) groups is 2. The molecule has 0 aromatic rings. The number of halogens is 5. The fourth-order valence-corrected chi connectivity index (χ4v) is 1.68. The minimum Gasteiger partial charge on any atom is -0.464 e. The lowest BCUT2D eigenvalue weighted by Crippen LogP contribution is -2.55. The number of rotatable bonds is 8. The molecule has 0 bridgehead atoms. The second-order valence-electron chi connectivity index (χ2n) is 4.90. The summed E-state index contributed by atoms with van der Waals surface area (Å²) >= 11 is 1.24. The van der Waals surface area contributed by atoms with Crippen LogP contribution in [0.25, 0.3) is 0 Å². The molecule has 10 heteroatoms. The van der Waals surface area contributed by atoms with Crippen LogP contribution in [0.15, 0.2) is 0 Å². The van der Waals surface area contributed by atoms with Crippen molar-refractivity contribution in [3.63, 3.8) is 0 Å². The van der Waals surface area contributed by atoms with Gasteiger partial charge in [0.05, 0.1) is 6.61 Å². The maximum atomic E-state index is 12.9. The number of alkyl halides is 5. The van der Waals surface area contributed by atoms with Gasteiger partial charge in [0.1, 0.15) is 6.04 Å². The van der Waals surface area contributed by atoms with E-state index in [-0.39, 0.29) is 24.7 Å². The molecule has 0 rings (SSSR count). The minimum absolute atomic E-state index is 0.0276. The Labute approximate surface area is 129 Å². The molecule has 0 spiro atoms. The molecule has 0 fully saturated rings. The highest BCUT2D eigenvalue weighted by atomic mass is 32.2. The van der Waals surface area contributed by atoms with Crippen molar-refractivity contribution in [1.82, 2.24) is 5.32 Å². The van der Waals surface area contributed by atoms with E-state index in [9.17, 15) is 31.5 Å². The van der Waals surface area contributed by atoms with Gasteiger partial charge in [0.15, 0.2) is 0 Å². The molecular formula is C12H18F5NO3S. The van der Waals surface area contributed by atoms with Crippen LogP contribution in [0.4, 0.5) is 22.0 Å². The maximum Gasteiger partial charge on any atom is 0.463 e. The van der Waals surface area contributed by atoms with E-state index in [4.69, 9.17) is 4.74 Å². The van der Waals surface area contributed by atoms with E-state index in [0.29, 0.717) is 0 Å². The van der Waals surface area contributed by atoms with Gasteiger partial charge in [-0.1, -0.05) is 13.8 Å². The largest absolute Gasteiger partial charge is 0.464 e. The normalized spacial score (nSPS) is 13.9. The highest BCUT2D eigenvalue weighted by Gasteiger charge is 2.63. The first-order valence-corrected chi connectivity index (χ1v) is 7.74. The second kappa shape index (κ2) is 8.54. The van der Waals surface area contributed by atoms with E-state index in [0.717, 1.165) is 0 Å². The summed E-state index contributed by atoms with van der Waals surface area (Å²) in [5.41, 5.74) is 0. The first-order chi connectivity index (χ1) is 9.93. The van der Waals surface area contributed by atoms with Gasteiger partial charge in [-0.2, -0.15) is 33.7 Å². The SMILES string of the molecule is CSCCC(NC(=O)C(F)(F)C(F)(F)F)C(=O)OCC(C)C. The van der Waals surface area contributed by atoms with Crippen molar-refractivity contribution >= 4 is 23.6 Å². The summed E-state index contributed by atoms with van der Waals surface area (Å²) in [7, 11) is 0. The molecular weight excluding hydrogens is 333 g/mol. The van der Waals surface area contributed by atoms with Crippen LogP contribution in [-0.2, 0) is 14.3 Å². The molecule has 0 aromatic heterocycles. The Morgan fingerprint density at radius 2 is 1.73 bits per heavy atom. The monoisotopic (exact) mass is 351 g/mol. The van der Waals surface area contributed by atoms with E-state index in [1.807, 2.05) is 0 Å². The number of carbonyl (C=O) groups excluding carboxylic acids is 2. The molecule has 0 heterocycles. The predicted octanol–water partition coefficient (Wildman–Crippen LogP) is 2.62. The molecule has 130 valence electrons. The molecule has 0 aromatic carbocycles. The zero-order chi connectivity index (χ0) is 17.6. The summed E-state index contributed by atoms with van der Waals surface area (Å²) in [6.07, 6.45) is -4.48. The quantitative estimate of drug-likeness (QED) is 0.540. The van der Waals surface area contributed by atoms with Crippen LogP contribution in [0.1, 0.15) is 20.3 Å². The third kappa shape index (κ3) is 6.37. The van der Waals surface area contributed by atoms with Crippen molar-refractivity contribution in [2.45, 2.75) is 38.4 Å². The number of esters is 1. The average molecular weight is 351 g/mol. The van der Waals surface area contributed by atoms with Crippen molar-refractivity contribution in [1.29, 1.82) is 0 Å². The fourth-order valence-electron chi connectivity index (χ4n) is 1.21. The first kappa shape index (κ1) is 20.9. The number of nitrogens with one attached hydrogen (secondary N) is 1. The van der Waals surface area contributed by atoms with Crippen molar-refractivity contribution in [3.8, 4) is 0 Å². The van der Waals surface area contributed by atoms with Crippen LogP contribution in [0, 0.1) is 5.92 Å². The van der Waals surface area contributed by atoms with E-state index >= 15 is 0 Å². The van der Waals surface area contributed by atoms with Gasteiger partial charge in [-0.15, -0.1) is 0 Å². The van der Waals surface area contributed by atoms with Crippen LogP contribution >= 0.6 is 11.8 Å². The van der Waals surface area contributed by atoms with Gasteiger partial charge in [0.2, 0.25) is 0 Å². The smallest absolute Gasteiger partial charge is 0.463 e. The van der Waals surface area contributed by atoms with Crippen LogP contribution in [0.5, 0.6) is 0 Å². The van der Waals surface area contributed by atoms with Crippen molar-refractivity contribution in [3.05, 3.63) is 0 Å². The third-order valence-electron chi connectivity index (χ3n) is 2.40. The van der Waals surface area contributed by atoms with Gasteiger partial charge < -0.3 is 10.1 Å². The Bertz CT molecular complexity index is 387. The zero-order valence-electron chi connectivity index (χ0n) is 12.3. The highest BCUT2D eigenvalue weighted by molar-refractivity contribution is 7.98. The van der Waals surface area contributed by atoms with Crippen LogP contribution in [0.3, 0.4) is 0 Å². The molecule has 1 unspecified atom stereocenters. The molecule has 0 aliphatic carbocycles. The van der Waals surface area contributed by atoms with E-state index in [1.54, 1.807) is 20.1 Å². The summed E-state index contributed by atoms with van der Waals surface area (Å²) in [4.78, 5) is 22.8. The minimum atomic E-state index is -6.02. The lowest BCUT2D eigenvalue weighted by Gasteiger charge is -2.23. The summed E-state index contributed by atoms with van der Waals surface area (Å²) < 4.78 is 66.9. The molecule has 0 aliphatic heterocycles. The molecule has 0 aliphatic rings. The molecule has 22 heavy (non-hydrogen) atoms. The summed E-state index contributed by atoms with van der Waals surface area (Å²) in [6.45, 7) is 3.42. The Morgan fingerprint density at radius 3 is 2.14 bits per heavy atom. The fraction of sp³-hybridized carbons (Fsp3) is 0.833. The maximum absolute atomic E-state index is 12.9. The molecule has 1 N–H and O–H groups in total. The number of thioether (sulfide) groups is 1. The molecule has 4 nitrogen and oxygen atoms in total. The molecule has 0 radical (unpaired) electrons. The Morgan fingerprint density at radius 1 is 1.18 bits per heavy atom. The second-order valence-corrected chi connectivity index (χ2v) is 5.89. The average Bonchev–Trinajstić information content (AvgIpc) is 2.38. The molecule has 0 saturated carbocycles. The summed E-state index contributed by atoms with van der Waals surface area (Å²) in [5.74, 6) is -8.93. The number of amides is 1. The predicted molar refractivity (Wildman–Crippen MR) is 71.7 cm³/mol. The number of ether oxygens (including phenoxy) is 1. The first-order valence-electron chi connectivity index (χ1n) is 6.34. The van der Waals surface area contributed by atoms with Crippen molar-refractivity contribution in [2.24, 2.45) is 5.92 Å². The Balaban J connectivity index is 4.91. The van der Waals surface area contributed by atoms with Gasteiger partial charge >= 0.3 is 24.0 Å². The van der Waals surface area contributed by atoms with Crippen LogP contribution in [-0.4, -0.2) is 48.6 Å².